The molecule has 0 radical (unpaired) electrons. The molecule has 2 atom stereocenters. The number of para-hydroxylation sites is 1. The molecule has 0 aliphatic carbocycles. The van der Waals surface area contributed by atoms with E-state index in [1.807, 2.05) is 0 Å². The number of carbonyl (C=O) groups is 1. The lowest BCUT2D eigenvalue weighted by molar-refractivity contribution is -0.496. The topological polar surface area (TPSA) is 121 Å². The van der Waals surface area contributed by atoms with E-state index in [0.29, 0.717) is 44.5 Å². The Labute approximate surface area is 238 Å². The smallest absolute Gasteiger partial charge is 0.332 e. The number of sulfone groups is 1. The molecule has 0 saturated carbocycles. The summed E-state index contributed by atoms with van der Waals surface area (Å²) in [5.74, 6) is 0.190. The fraction of sp³-hybridized carbons (Fsp3) is 0.286. The van der Waals surface area contributed by atoms with Crippen molar-refractivity contribution in [1.82, 2.24) is 15.4 Å². The van der Waals surface area contributed by atoms with Crippen molar-refractivity contribution in [3.8, 4) is 0 Å². The Morgan fingerprint density at radius 1 is 1.12 bits per heavy atom. The van der Waals surface area contributed by atoms with E-state index in [9.17, 15) is 18.4 Å². The van der Waals surface area contributed by atoms with Crippen LogP contribution < -0.4 is 10.3 Å². The lowest BCUT2D eigenvalue weighted by atomic mass is 10.0. The van der Waals surface area contributed by atoms with E-state index in [1.165, 1.54) is 25.4 Å². The van der Waals surface area contributed by atoms with Crippen LogP contribution in [0.5, 0.6) is 0 Å². The van der Waals surface area contributed by atoms with Crippen LogP contribution in [0.3, 0.4) is 0 Å². The molecule has 208 valence electrons. The Morgan fingerprint density at radius 3 is 2.60 bits per heavy atom. The number of hydrazine groups is 1. The van der Waals surface area contributed by atoms with E-state index in [1.54, 1.807) is 78.5 Å². The molecule has 5 rings (SSSR count). The van der Waals surface area contributed by atoms with Crippen LogP contribution in [0, 0.1) is 19.1 Å². The van der Waals surface area contributed by atoms with Gasteiger partial charge in [-0.3, -0.25) is 15.2 Å². The number of piperazine rings is 1. The summed E-state index contributed by atoms with van der Waals surface area (Å²) >= 11 is 6.33. The lowest BCUT2D eigenvalue weighted by Crippen LogP contribution is -2.71. The van der Waals surface area contributed by atoms with E-state index in [-0.39, 0.29) is 23.9 Å². The molecule has 1 aromatic heterocycles. The first-order valence-electron chi connectivity index (χ1n) is 12.7. The molecule has 2 aromatic carbocycles. The SMILES string of the molecule is CC(=O)NN1CCN(c2ccccn2)[C@H]([C@@]2(S(=O)(=O)c3cc(C)c(Cl)cc3C)C=Nc3ccccc3C=[N+]2[O-])C1. The molecule has 0 spiro atoms. The van der Waals surface area contributed by atoms with Gasteiger partial charge in [0.1, 0.15) is 11.9 Å². The molecule has 1 amide bonds. The highest BCUT2D eigenvalue weighted by Gasteiger charge is 2.62. The van der Waals surface area contributed by atoms with Gasteiger partial charge in [0, 0.05) is 37.8 Å². The Balaban J connectivity index is 1.81. The number of pyridine rings is 1. The Morgan fingerprint density at radius 2 is 1.88 bits per heavy atom. The van der Waals surface area contributed by atoms with Crippen molar-refractivity contribution in [2.24, 2.45) is 4.99 Å². The number of hydroxylamine groups is 1. The van der Waals surface area contributed by atoms with Crippen molar-refractivity contribution >= 4 is 51.3 Å². The van der Waals surface area contributed by atoms with Gasteiger partial charge in [-0.25, -0.2) is 18.4 Å². The van der Waals surface area contributed by atoms with Crippen LogP contribution in [0.25, 0.3) is 0 Å². The Bertz CT molecular complexity index is 1630. The first-order valence-corrected chi connectivity index (χ1v) is 14.6. The molecule has 10 nitrogen and oxygen atoms in total. The van der Waals surface area contributed by atoms with Gasteiger partial charge in [0.05, 0.1) is 22.4 Å². The van der Waals surface area contributed by atoms with Gasteiger partial charge >= 0.3 is 4.87 Å². The molecule has 1 fully saturated rings. The predicted molar refractivity (Wildman–Crippen MR) is 155 cm³/mol. The molecule has 2 aliphatic heterocycles. The van der Waals surface area contributed by atoms with E-state index >= 15 is 0 Å². The van der Waals surface area contributed by atoms with Crippen molar-refractivity contribution in [1.29, 1.82) is 0 Å². The van der Waals surface area contributed by atoms with E-state index in [0.717, 1.165) is 0 Å². The number of rotatable bonds is 5. The molecule has 0 unspecified atom stereocenters. The monoisotopic (exact) mass is 580 g/mol. The second-order valence-electron chi connectivity index (χ2n) is 9.91. The summed E-state index contributed by atoms with van der Waals surface area (Å²) in [7, 11) is -4.51. The highest BCUT2D eigenvalue weighted by atomic mass is 35.5. The number of nitrogens with one attached hydrogen (secondary N) is 1. The average Bonchev–Trinajstić information content (AvgIpc) is 3.07. The molecule has 1 N–H and O–H groups in total. The van der Waals surface area contributed by atoms with Crippen molar-refractivity contribution in [2.75, 3.05) is 24.5 Å². The Kier molecular flexibility index (Phi) is 7.38. The maximum Gasteiger partial charge on any atom is 0.332 e. The quantitative estimate of drug-likeness (QED) is 0.362. The number of hydrogen-bond donors (Lipinski definition) is 1. The lowest BCUT2D eigenvalue weighted by Gasteiger charge is -2.46. The average molecular weight is 581 g/mol. The van der Waals surface area contributed by atoms with Gasteiger partial charge in [0.25, 0.3) is 9.84 Å². The number of halogens is 1. The molecule has 2 aliphatic rings. The van der Waals surface area contributed by atoms with Crippen LogP contribution in [0.15, 0.2) is 70.7 Å². The number of amides is 1. The summed E-state index contributed by atoms with van der Waals surface area (Å²) in [4.78, 5) is 20.6. The zero-order valence-corrected chi connectivity index (χ0v) is 23.9. The number of carbonyl (C=O) groups excluding carboxylic acids is 1. The maximum atomic E-state index is 15.0. The van der Waals surface area contributed by atoms with Crippen LogP contribution in [-0.4, -0.2) is 72.0 Å². The molecule has 12 heteroatoms. The largest absolute Gasteiger partial charge is 0.622 e. The number of aryl methyl sites for hydroxylation is 2. The minimum absolute atomic E-state index is 0.00402. The van der Waals surface area contributed by atoms with Gasteiger partial charge in [-0.15, -0.1) is 0 Å². The van der Waals surface area contributed by atoms with Crippen molar-refractivity contribution in [3.05, 3.63) is 87.7 Å². The summed E-state index contributed by atoms with van der Waals surface area (Å²) in [6.07, 6.45) is 4.11. The molecule has 40 heavy (non-hydrogen) atoms. The minimum Gasteiger partial charge on any atom is -0.622 e. The summed E-state index contributed by atoms with van der Waals surface area (Å²) < 4.78 is 30.4. The van der Waals surface area contributed by atoms with Crippen molar-refractivity contribution < 1.29 is 18.0 Å². The van der Waals surface area contributed by atoms with E-state index < -0.39 is 20.8 Å². The first-order chi connectivity index (χ1) is 19.0. The zero-order chi connectivity index (χ0) is 28.7. The third-order valence-corrected chi connectivity index (χ3v) is 10.1. The first kappa shape index (κ1) is 27.8. The minimum atomic E-state index is -4.51. The van der Waals surface area contributed by atoms with Crippen LogP contribution >= 0.6 is 11.6 Å². The molecular formula is C28H29ClN6O4S. The summed E-state index contributed by atoms with van der Waals surface area (Å²) in [5, 5.41) is 16.4. The van der Waals surface area contributed by atoms with Crippen LogP contribution in [0.4, 0.5) is 11.5 Å². The third kappa shape index (κ3) is 4.74. The molecule has 3 heterocycles. The van der Waals surface area contributed by atoms with Gasteiger partial charge in [0.2, 0.25) is 5.91 Å². The highest BCUT2D eigenvalue weighted by molar-refractivity contribution is 7.93. The third-order valence-electron chi connectivity index (χ3n) is 7.22. The fourth-order valence-corrected chi connectivity index (χ4v) is 7.67. The number of nitrogens with zero attached hydrogens (tertiary/aromatic N) is 5. The number of fused-ring (bicyclic) bond motifs is 1. The standard InChI is InChI=1S/C28H29ClN6O4S/c1-19-15-25(20(2)14-23(19)29)40(38,39)28(18-31-24-9-5-4-8-22(24)16-35(28)37)26-17-33(32-21(3)36)12-13-34(26)27-10-6-7-11-30-27/h4-11,14-16,18,26H,12-13,17H2,1-3H3,(H,32,36)/t26-,28-/m0/s1. The molecule has 1 saturated heterocycles. The van der Waals surface area contributed by atoms with Crippen molar-refractivity contribution in [3.63, 3.8) is 0 Å². The molecule has 3 aromatic rings. The number of anilines is 1. The number of benzene rings is 2. The zero-order valence-electron chi connectivity index (χ0n) is 22.3. The van der Waals surface area contributed by atoms with Crippen LogP contribution in [-0.2, 0) is 14.6 Å². The predicted octanol–water partition coefficient (Wildman–Crippen LogP) is 3.41. The summed E-state index contributed by atoms with van der Waals surface area (Å²) in [6, 6.07) is 14.3. The second-order valence-corrected chi connectivity index (χ2v) is 12.4. The number of aromatic nitrogens is 1. The van der Waals surface area contributed by atoms with Crippen LogP contribution in [0.2, 0.25) is 5.02 Å². The fourth-order valence-electron chi connectivity index (χ4n) is 5.24. The van der Waals surface area contributed by atoms with Gasteiger partial charge in [0.15, 0.2) is 6.21 Å². The van der Waals surface area contributed by atoms with Gasteiger partial charge in [-0.2, -0.15) is 4.74 Å². The van der Waals surface area contributed by atoms with Gasteiger partial charge in [-0.05, 0) is 61.4 Å². The summed E-state index contributed by atoms with van der Waals surface area (Å²) in [5.41, 5.74) is 4.67. The maximum absolute atomic E-state index is 15.0. The highest BCUT2D eigenvalue weighted by Crippen LogP contribution is 2.39. The molecule has 0 bridgehead atoms. The summed E-state index contributed by atoms with van der Waals surface area (Å²) in [6.45, 7) is 5.40. The van der Waals surface area contributed by atoms with Crippen molar-refractivity contribution in [2.45, 2.75) is 36.6 Å². The normalized spacial score (nSPS) is 21.4. The van der Waals surface area contributed by atoms with Gasteiger partial charge < -0.3 is 10.1 Å². The van der Waals surface area contributed by atoms with Crippen LogP contribution in [0.1, 0.15) is 23.6 Å². The number of aliphatic imine (C=N–C) groups is 1. The second kappa shape index (κ2) is 10.6. The van der Waals surface area contributed by atoms with E-state index in [4.69, 9.17) is 11.6 Å². The molecular weight excluding hydrogens is 552 g/mol. The van der Waals surface area contributed by atoms with Gasteiger partial charge in [-0.1, -0.05) is 29.8 Å². The Hall–Kier alpha value is -3.80. The number of hydrogen-bond acceptors (Lipinski definition) is 8. The van der Waals surface area contributed by atoms with E-state index in [2.05, 4.69) is 15.4 Å².